The first-order chi connectivity index (χ1) is 6.29. The Labute approximate surface area is 99.5 Å². The Morgan fingerprint density at radius 1 is 1.14 bits per heavy atom. The Morgan fingerprint density at radius 3 is 2.21 bits per heavy atom. The summed E-state index contributed by atoms with van der Waals surface area (Å²) < 4.78 is 36.9. The highest BCUT2D eigenvalue weighted by atomic mass is 79.9. The molecule has 0 aliphatic rings. The van der Waals surface area contributed by atoms with E-state index in [1.165, 1.54) is 12.1 Å². The van der Waals surface area contributed by atoms with Crippen LogP contribution in [0, 0.1) is 0 Å². The third-order valence-corrected chi connectivity index (χ3v) is 3.67. The predicted octanol–water partition coefficient (Wildman–Crippen LogP) is 4.41. The molecule has 0 heterocycles. The van der Waals surface area contributed by atoms with Crippen molar-refractivity contribution in [2.75, 3.05) is 5.73 Å². The maximum absolute atomic E-state index is 12.0. The minimum atomic E-state index is -4.29. The van der Waals surface area contributed by atoms with Gasteiger partial charge in [-0.3, -0.25) is 0 Å². The van der Waals surface area contributed by atoms with Crippen LogP contribution in [0.25, 0.3) is 0 Å². The Morgan fingerprint density at radius 2 is 1.71 bits per heavy atom. The molecule has 7 heteroatoms. The standard InChI is InChI=1S/C7H4Br2F3NS/c8-3-2-6(14-7(10,11)12)4(9)1-5(3)13/h1-2H,13H2. The van der Waals surface area contributed by atoms with E-state index in [9.17, 15) is 13.2 Å². The Bertz CT molecular complexity index is 354. The minimum Gasteiger partial charge on any atom is -0.398 e. The lowest BCUT2D eigenvalue weighted by atomic mass is 10.3. The molecule has 0 saturated carbocycles. The second-order valence-electron chi connectivity index (χ2n) is 2.35. The van der Waals surface area contributed by atoms with Crippen LogP contribution >= 0.6 is 43.6 Å². The molecule has 1 nitrogen and oxygen atoms in total. The first-order valence-electron chi connectivity index (χ1n) is 3.30. The highest BCUT2D eigenvalue weighted by Crippen LogP contribution is 2.42. The molecule has 0 radical (unpaired) electrons. The third kappa shape index (κ3) is 3.36. The van der Waals surface area contributed by atoms with Gasteiger partial charge in [0.1, 0.15) is 0 Å². The van der Waals surface area contributed by atoms with Crippen LogP contribution in [0.1, 0.15) is 0 Å². The molecule has 2 N–H and O–H groups in total. The van der Waals surface area contributed by atoms with Crippen molar-refractivity contribution in [3.8, 4) is 0 Å². The van der Waals surface area contributed by atoms with E-state index < -0.39 is 5.51 Å². The number of nitrogens with two attached hydrogens (primary N) is 1. The van der Waals surface area contributed by atoms with E-state index in [1.807, 2.05) is 0 Å². The predicted molar refractivity (Wildman–Crippen MR) is 58.2 cm³/mol. The van der Waals surface area contributed by atoms with Crippen LogP contribution in [0.5, 0.6) is 0 Å². The van der Waals surface area contributed by atoms with Gasteiger partial charge in [-0.25, -0.2) is 0 Å². The number of alkyl halides is 3. The van der Waals surface area contributed by atoms with Gasteiger partial charge in [-0.2, -0.15) is 13.2 Å². The molecule has 0 atom stereocenters. The van der Waals surface area contributed by atoms with Crippen molar-refractivity contribution in [3.05, 3.63) is 21.1 Å². The summed E-state index contributed by atoms with van der Waals surface area (Å²) in [6.07, 6.45) is 0. The molecule has 0 aromatic heterocycles. The van der Waals surface area contributed by atoms with E-state index in [0.717, 1.165) is 0 Å². The van der Waals surface area contributed by atoms with Gasteiger partial charge in [-0.1, -0.05) is 0 Å². The number of rotatable bonds is 1. The first kappa shape index (κ1) is 12.2. The van der Waals surface area contributed by atoms with Gasteiger partial charge in [-0.15, -0.1) is 0 Å². The molecule has 1 aromatic carbocycles. The summed E-state index contributed by atoms with van der Waals surface area (Å²) in [4.78, 5) is 0.0820. The van der Waals surface area contributed by atoms with Crippen LogP contribution < -0.4 is 5.73 Å². The fraction of sp³-hybridized carbons (Fsp3) is 0.143. The fourth-order valence-electron chi connectivity index (χ4n) is 0.747. The molecular weight excluding hydrogens is 347 g/mol. The Balaban J connectivity index is 3.04. The number of thioether (sulfide) groups is 1. The van der Waals surface area contributed by atoms with Crippen molar-refractivity contribution in [2.24, 2.45) is 0 Å². The highest BCUT2D eigenvalue weighted by Gasteiger charge is 2.30. The van der Waals surface area contributed by atoms with Crippen molar-refractivity contribution >= 4 is 49.3 Å². The van der Waals surface area contributed by atoms with Gasteiger partial charge < -0.3 is 5.73 Å². The van der Waals surface area contributed by atoms with Crippen LogP contribution in [0.2, 0.25) is 0 Å². The molecule has 78 valence electrons. The number of halogens is 5. The van der Waals surface area contributed by atoms with Crippen LogP contribution in [0.15, 0.2) is 26.0 Å². The molecular formula is C7H4Br2F3NS. The van der Waals surface area contributed by atoms with Crippen molar-refractivity contribution < 1.29 is 13.2 Å². The zero-order valence-corrected chi connectivity index (χ0v) is 10.5. The number of anilines is 1. The van der Waals surface area contributed by atoms with Gasteiger partial charge in [0, 0.05) is 19.5 Å². The smallest absolute Gasteiger partial charge is 0.398 e. The summed E-state index contributed by atoms with van der Waals surface area (Å²) in [6.45, 7) is 0. The minimum absolute atomic E-state index is 0.0820. The second kappa shape index (κ2) is 4.32. The lowest BCUT2D eigenvalue weighted by Crippen LogP contribution is -2.00. The number of hydrogen-bond acceptors (Lipinski definition) is 2. The van der Waals surface area contributed by atoms with Crippen LogP contribution in [-0.2, 0) is 0 Å². The van der Waals surface area contributed by atoms with Crippen LogP contribution in [0.3, 0.4) is 0 Å². The fourth-order valence-corrected chi connectivity index (χ4v) is 2.43. The Kier molecular flexibility index (Phi) is 3.76. The summed E-state index contributed by atoms with van der Waals surface area (Å²) in [7, 11) is 0. The molecule has 0 bridgehead atoms. The van der Waals surface area contributed by atoms with Crippen molar-refractivity contribution in [2.45, 2.75) is 10.4 Å². The van der Waals surface area contributed by atoms with Gasteiger partial charge in [0.15, 0.2) is 0 Å². The van der Waals surface area contributed by atoms with E-state index in [1.54, 1.807) is 0 Å². The van der Waals surface area contributed by atoms with Crippen molar-refractivity contribution in [3.63, 3.8) is 0 Å². The zero-order chi connectivity index (χ0) is 10.9. The second-order valence-corrected chi connectivity index (χ2v) is 5.17. The average Bonchev–Trinajstić information content (AvgIpc) is 1.97. The monoisotopic (exact) mass is 349 g/mol. The molecule has 0 saturated heterocycles. The van der Waals surface area contributed by atoms with E-state index in [2.05, 4.69) is 31.9 Å². The number of nitrogen functional groups attached to an aromatic ring is 1. The molecule has 0 amide bonds. The van der Waals surface area contributed by atoms with Gasteiger partial charge in [0.2, 0.25) is 0 Å². The van der Waals surface area contributed by atoms with E-state index in [4.69, 9.17) is 5.73 Å². The summed E-state index contributed by atoms with van der Waals surface area (Å²) in [5.74, 6) is 0. The molecule has 1 aromatic rings. The maximum atomic E-state index is 12.0. The molecule has 0 aliphatic heterocycles. The number of benzene rings is 1. The van der Waals surface area contributed by atoms with Gasteiger partial charge in [0.25, 0.3) is 0 Å². The summed E-state index contributed by atoms with van der Waals surface area (Å²) in [5.41, 5.74) is 1.58. The van der Waals surface area contributed by atoms with Crippen LogP contribution in [-0.4, -0.2) is 5.51 Å². The van der Waals surface area contributed by atoms with E-state index in [-0.39, 0.29) is 16.7 Å². The zero-order valence-electron chi connectivity index (χ0n) is 6.53. The quantitative estimate of drug-likeness (QED) is 0.599. The third-order valence-electron chi connectivity index (χ3n) is 1.28. The van der Waals surface area contributed by atoms with Gasteiger partial charge >= 0.3 is 5.51 Å². The summed E-state index contributed by atoms with van der Waals surface area (Å²) in [6, 6.07) is 2.76. The van der Waals surface area contributed by atoms with E-state index >= 15 is 0 Å². The number of hydrogen-bond donors (Lipinski definition) is 1. The molecule has 0 fully saturated rings. The Hall–Kier alpha value is 0.120. The van der Waals surface area contributed by atoms with Gasteiger partial charge in [0.05, 0.1) is 0 Å². The van der Waals surface area contributed by atoms with Crippen molar-refractivity contribution in [1.82, 2.24) is 0 Å². The molecule has 0 unspecified atom stereocenters. The normalized spacial score (nSPS) is 11.8. The SMILES string of the molecule is Nc1cc(Br)c(SC(F)(F)F)cc1Br. The molecule has 0 spiro atoms. The molecule has 0 aliphatic carbocycles. The van der Waals surface area contributed by atoms with Gasteiger partial charge in [-0.05, 0) is 55.8 Å². The van der Waals surface area contributed by atoms with Crippen LogP contribution in [0.4, 0.5) is 18.9 Å². The maximum Gasteiger partial charge on any atom is 0.446 e. The topological polar surface area (TPSA) is 26.0 Å². The highest BCUT2D eigenvalue weighted by molar-refractivity contribution is 9.11. The van der Waals surface area contributed by atoms with Crippen molar-refractivity contribution in [1.29, 1.82) is 0 Å². The summed E-state index contributed by atoms with van der Waals surface area (Å²) >= 11 is 5.89. The average molecular weight is 351 g/mol. The first-order valence-corrected chi connectivity index (χ1v) is 5.70. The van der Waals surface area contributed by atoms with E-state index in [0.29, 0.717) is 14.6 Å². The lowest BCUT2D eigenvalue weighted by Gasteiger charge is -2.09. The summed E-state index contributed by atoms with van der Waals surface area (Å²) in [5, 5.41) is 0. The molecule has 1 rings (SSSR count). The largest absolute Gasteiger partial charge is 0.446 e. The lowest BCUT2D eigenvalue weighted by molar-refractivity contribution is -0.0328. The molecule has 14 heavy (non-hydrogen) atoms.